The van der Waals surface area contributed by atoms with E-state index in [0.29, 0.717) is 0 Å². The molecule has 0 atom stereocenters. The van der Waals surface area contributed by atoms with Crippen molar-refractivity contribution in [2.45, 2.75) is 179 Å². The lowest BCUT2D eigenvalue weighted by atomic mass is 10.2. The van der Waals surface area contributed by atoms with Crippen LogP contribution in [0.1, 0.15) is 125 Å². The second-order valence-electron chi connectivity index (χ2n) is 18.4. The van der Waals surface area contributed by atoms with E-state index in [1.165, 1.54) is 54.4 Å². The van der Waals surface area contributed by atoms with Crippen LogP contribution in [0.15, 0.2) is 0 Å². The van der Waals surface area contributed by atoms with Gasteiger partial charge in [-0.3, -0.25) is 0 Å². The van der Waals surface area contributed by atoms with Gasteiger partial charge in [-0.25, -0.2) is 0 Å². The Kier molecular flexibility index (Phi) is 18.1. The van der Waals surface area contributed by atoms with Gasteiger partial charge in [0.2, 0.25) is 0 Å². The highest BCUT2D eigenvalue weighted by Gasteiger charge is 2.59. The Balaban J connectivity index is 8.42. The predicted molar refractivity (Wildman–Crippen MR) is 196 cm³/mol. The summed E-state index contributed by atoms with van der Waals surface area (Å²) in [5.41, 5.74) is 0. The molecule has 0 fully saturated rings. The van der Waals surface area contributed by atoms with Gasteiger partial charge in [0.1, 0.15) is 24.7 Å². The molecule has 0 bridgehead atoms. The van der Waals surface area contributed by atoms with Gasteiger partial charge in [0.15, 0.2) is 0 Å². The standard InChI is InChI=1S/C36H81NSi3/c1-28(2)19-38(20-29(3)4,21-30(5)6)37(39(22-31(7)8,23-32(9)10)24-33(11)12)40(25-34(13)14,26-35(15)16)27-36(17)18/h28-36H,19-27H2,1-18H3. The van der Waals surface area contributed by atoms with Crippen LogP contribution >= 0.6 is 0 Å². The molecule has 0 saturated heterocycles. The third-order valence-corrected chi connectivity index (χ3v) is 34.1. The zero-order valence-electron chi connectivity index (χ0n) is 31.5. The van der Waals surface area contributed by atoms with E-state index in [2.05, 4.69) is 129 Å². The van der Waals surface area contributed by atoms with Crippen molar-refractivity contribution in [2.24, 2.45) is 53.3 Å². The third kappa shape index (κ3) is 13.5. The minimum absolute atomic E-state index is 0.791. The molecule has 0 rings (SSSR count). The van der Waals surface area contributed by atoms with Gasteiger partial charge in [0, 0.05) is 0 Å². The average Bonchev–Trinajstić information content (AvgIpc) is 2.61. The van der Waals surface area contributed by atoms with Gasteiger partial charge in [0.05, 0.1) is 0 Å². The van der Waals surface area contributed by atoms with Crippen LogP contribution in [-0.2, 0) is 0 Å². The van der Waals surface area contributed by atoms with Crippen molar-refractivity contribution in [3.05, 3.63) is 0 Å². The fourth-order valence-electron chi connectivity index (χ4n) is 9.92. The molecule has 0 spiro atoms. The molecule has 0 unspecified atom stereocenters. The average molecular weight is 612 g/mol. The van der Waals surface area contributed by atoms with Crippen molar-refractivity contribution >= 4 is 24.7 Å². The molecule has 0 aromatic carbocycles. The first kappa shape index (κ1) is 40.6. The molecule has 0 N–H and O–H groups in total. The molecular formula is C36H81NSi3. The summed E-state index contributed by atoms with van der Waals surface area (Å²) in [5.74, 6) is 7.12. The fraction of sp³-hybridized carbons (Fsp3) is 1.00. The smallest absolute Gasteiger partial charge is 0.116 e. The zero-order valence-corrected chi connectivity index (χ0v) is 34.5. The molecule has 0 radical (unpaired) electrons. The molecule has 40 heavy (non-hydrogen) atoms. The maximum absolute atomic E-state index is 3.85. The number of hydrogen-bond acceptors (Lipinski definition) is 1. The van der Waals surface area contributed by atoms with Gasteiger partial charge in [-0.05, 0) is 108 Å². The summed E-state index contributed by atoms with van der Waals surface area (Å²) in [6.45, 7) is 46.4. The molecule has 4 heteroatoms. The number of hydrogen-bond donors (Lipinski definition) is 0. The summed E-state index contributed by atoms with van der Waals surface area (Å²) in [6.07, 6.45) is 0. The van der Waals surface area contributed by atoms with Gasteiger partial charge in [-0.15, -0.1) is 0 Å². The summed E-state index contributed by atoms with van der Waals surface area (Å²) in [6, 6.07) is 13.7. The second-order valence-corrected chi connectivity index (χ2v) is 32.1. The highest BCUT2D eigenvalue weighted by molar-refractivity contribution is 7.06. The Morgan fingerprint density at radius 1 is 0.250 bits per heavy atom. The van der Waals surface area contributed by atoms with Crippen LogP contribution in [0, 0.1) is 53.3 Å². The van der Waals surface area contributed by atoms with E-state index in [1.807, 2.05) is 0 Å². The fourth-order valence-corrected chi connectivity index (χ4v) is 43.7. The van der Waals surface area contributed by atoms with Gasteiger partial charge in [-0.2, -0.15) is 0 Å². The number of nitrogens with zero attached hydrogens (tertiary/aromatic N) is 1. The Hall–Kier alpha value is 0.611. The Morgan fingerprint density at radius 2 is 0.350 bits per heavy atom. The van der Waals surface area contributed by atoms with Crippen molar-refractivity contribution in [2.75, 3.05) is 0 Å². The summed E-state index contributed by atoms with van der Waals surface area (Å²) < 4.78 is 3.85. The summed E-state index contributed by atoms with van der Waals surface area (Å²) >= 11 is 0. The molecule has 0 aliphatic heterocycles. The van der Waals surface area contributed by atoms with E-state index in [-0.39, 0.29) is 0 Å². The van der Waals surface area contributed by atoms with Crippen LogP contribution in [0.5, 0.6) is 0 Å². The van der Waals surface area contributed by atoms with E-state index in [9.17, 15) is 0 Å². The van der Waals surface area contributed by atoms with E-state index < -0.39 is 24.7 Å². The zero-order chi connectivity index (χ0) is 31.6. The summed E-state index contributed by atoms with van der Waals surface area (Å²) in [7, 11) is -5.49. The summed E-state index contributed by atoms with van der Waals surface area (Å²) in [5, 5.41) is 0. The van der Waals surface area contributed by atoms with Crippen LogP contribution in [-0.4, -0.2) is 28.6 Å². The van der Waals surface area contributed by atoms with E-state index in [4.69, 9.17) is 0 Å². The highest BCUT2D eigenvalue weighted by Crippen LogP contribution is 2.51. The molecule has 0 saturated carbocycles. The molecular weight excluding hydrogens is 531 g/mol. The molecule has 0 heterocycles. The van der Waals surface area contributed by atoms with Crippen LogP contribution in [0.3, 0.4) is 0 Å². The lowest BCUT2D eigenvalue weighted by Crippen LogP contribution is -2.78. The largest absolute Gasteiger partial charge is 0.367 e. The Bertz CT molecular complexity index is 493. The van der Waals surface area contributed by atoms with Crippen molar-refractivity contribution in [3.8, 4) is 0 Å². The number of rotatable bonds is 21. The first-order chi connectivity index (χ1) is 18.1. The summed E-state index contributed by atoms with van der Waals surface area (Å²) in [4.78, 5) is 0. The first-order valence-electron chi connectivity index (χ1n) is 17.9. The predicted octanol–water partition coefficient (Wildman–Crippen LogP) is 13.0. The van der Waals surface area contributed by atoms with E-state index >= 15 is 0 Å². The molecule has 0 amide bonds. The highest BCUT2D eigenvalue weighted by atomic mass is 28.5. The van der Waals surface area contributed by atoms with Crippen molar-refractivity contribution in [1.29, 1.82) is 0 Å². The van der Waals surface area contributed by atoms with Gasteiger partial charge in [0.25, 0.3) is 0 Å². The molecule has 0 aromatic rings. The quantitative estimate of drug-likeness (QED) is 0.117. The van der Waals surface area contributed by atoms with Crippen molar-refractivity contribution < 1.29 is 0 Å². The maximum atomic E-state index is 3.85. The minimum Gasteiger partial charge on any atom is -0.367 e. The molecule has 1 nitrogen and oxygen atoms in total. The van der Waals surface area contributed by atoms with Gasteiger partial charge >= 0.3 is 0 Å². The lowest BCUT2D eigenvalue weighted by molar-refractivity contribution is 0.537. The Morgan fingerprint density at radius 3 is 0.425 bits per heavy atom. The van der Waals surface area contributed by atoms with Gasteiger partial charge < -0.3 is 3.90 Å². The van der Waals surface area contributed by atoms with Gasteiger partial charge in [-0.1, -0.05) is 125 Å². The second kappa shape index (κ2) is 17.8. The molecule has 242 valence electrons. The van der Waals surface area contributed by atoms with Crippen LogP contribution in [0.2, 0.25) is 54.4 Å². The van der Waals surface area contributed by atoms with Crippen LogP contribution in [0.25, 0.3) is 0 Å². The first-order valence-corrected chi connectivity index (χ1v) is 25.6. The molecule has 0 aliphatic carbocycles. The topological polar surface area (TPSA) is 3.24 Å². The SMILES string of the molecule is CC(C)C[Si](CC(C)C)(CC(C)C)N([Si](CC(C)C)(CC(C)C)CC(C)C)[Si](CC(C)C)(CC(C)C)CC(C)C. The van der Waals surface area contributed by atoms with Crippen LogP contribution in [0.4, 0.5) is 0 Å². The third-order valence-electron chi connectivity index (χ3n) is 8.52. The van der Waals surface area contributed by atoms with Crippen molar-refractivity contribution in [3.63, 3.8) is 0 Å². The molecule has 0 aliphatic rings. The normalized spacial score (nSPS) is 14.4. The van der Waals surface area contributed by atoms with Crippen LogP contribution < -0.4 is 0 Å². The van der Waals surface area contributed by atoms with E-state index in [1.54, 1.807) is 0 Å². The lowest BCUT2D eigenvalue weighted by Gasteiger charge is -2.65. The monoisotopic (exact) mass is 612 g/mol. The van der Waals surface area contributed by atoms with E-state index in [0.717, 1.165) is 53.3 Å². The molecule has 0 aromatic heterocycles. The minimum atomic E-state index is -1.83. The van der Waals surface area contributed by atoms with Crippen molar-refractivity contribution in [1.82, 2.24) is 3.90 Å². The maximum Gasteiger partial charge on any atom is 0.116 e. The Labute approximate surface area is 260 Å².